The molecule has 0 aliphatic carbocycles. The lowest BCUT2D eigenvalue weighted by Gasteiger charge is -1.93. The van der Waals surface area contributed by atoms with Gasteiger partial charge in [-0.15, -0.1) is 0 Å². The Morgan fingerprint density at radius 2 is 2.25 bits per heavy atom. The topological polar surface area (TPSA) is 29.1 Å². The van der Waals surface area contributed by atoms with Crippen molar-refractivity contribution in [3.8, 4) is 0 Å². The molecule has 2 nitrogen and oxygen atoms in total. The van der Waals surface area contributed by atoms with Crippen LogP contribution in [0.15, 0.2) is 0 Å². The van der Waals surface area contributed by atoms with E-state index in [0.29, 0.717) is 0 Å². The van der Waals surface area contributed by atoms with E-state index in [4.69, 9.17) is 0 Å². The first kappa shape index (κ1) is 7.39. The van der Waals surface area contributed by atoms with Crippen LogP contribution in [0.5, 0.6) is 0 Å². The van der Waals surface area contributed by atoms with E-state index in [1.807, 2.05) is 0 Å². The molecule has 0 aromatic rings. The first-order valence-electron chi connectivity index (χ1n) is 2.24. The fourth-order valence-electron chi connectivity index (χ4n) is 0.224. The van der Waals surface area contributed by atoms with Crippen LogP contribution in [0.3, 0.4) is 0 Å². The second kappa shape index (κ2) is 3.40. The molecule has 0 fully saturated rings. The molecule has 0 aromatic carbocycles. The molecule has 0 unspecified atom stereocenters. The average molecular weight is 121 g/mol. The fourth-order valence-corrected chi connectivity index (χ4v) is 0.224. The normalized spacial score (nSPS) is 8.38. The zero-order chi connectivity index (χ0) is 6.57. The van der Waals surface area contributed by atoms with E-state index in [-0.39, 0.29) is 6.42 Å². The SMILES string of the molecule is CCC(=O)NB(F)F. The van der Waals surface area contributed by atoms with Crippen LogP contribution in [0.25, 0.3) is 0 Å². The van der Waals surface area contributed by atoms with Gasteiger partial charge in [0, 0.05) is 6.42 Å². The third kappa shape index (κ3) is 3.58. The monoisotopic (exact) mass is 121 g/mol. The van der Waals surface area contributed by atoms with Crippen molar-refractivity contribution in [3.63, 3.8) is 0 Å². The molecule has 0 aliphatic heterocycles. The molecule has 0 saturated heterocycles. The molecule has 0 bridgehead atoms. The van der Waals surface area contributed by atoms with Crippen molar-refractivity contribution in [1.29, 1.82) is 0 Å². The minimum atomic E-state index is -2.72. The number of hydrogen-bond donors (Lipinski definition) is 1. The Balaban J connectivity index is 3.25. The standard InChI is InChI=1S/C3H6BF2NO/c1-2-3(8)7-4(5)6/h2H2,1H3,(H,7,8). The molecule has 1 N–H and O–H groups in total. The molecule has 5 heteroatoms. The number of nitrogens with one attached hydrogen (secondary N) is 1. The second-order valence-corrected chi connectivity index (χ2v) is 1.22. The van der Waals surface area contributed by atoms with Gasteiger partial charge in [-0.05, 0) is 0 Å². The van der Waals surface area contributed by atoms with Crippen molar-refractivity contribution in [3.05, 3.63) is 0 Å². The highest BCUT2D eigenvalue weighted by Crippen LogP contribution is 1.81. The molecule has 0 aromatic heterocycles. The number of carbonyl (C=O) groups is 1. The van der Waals surface area contributed by atoms with Crippen molar-refractivity contribution in [2.24, 2.45) is 0 Å². The minimum absolute atomic E-state index is 0.102. The molecule has 0 atom stereocenters. The quantitative estimate of drug-likeness (QED) is 0.527. The Bertz CT molecular complexity index is 87.4. The first-order chi connectivity index (χ1) is 3.66. The second-order valence-electron chi connectivity index (χ2n) is 1.22. The molecule has 46 valence electrons. The van der Waals surface area contributed by atoms with Gasteiger partial charge in [0.1, 0.15) is 0 Å². The van der Waals surface area contributed by atoms with E-state index in [1.54, 1.807) is 0 Å². The predicted octanol–water partition coefficient (Wildman–Crippen LogP) is 0.436. The lowest BCUT2D eigenvalue weighted by Crippen LogP contribution is -2.31. The fraction of sp³-hybridized carbons (Fsp3) is 0.667. The summed E-state index contributed by atoms with van der Waals surface area (Å²) in [7, 11) is -2.72. The van der Waals surface area contributed by atoms with Crippen LogP contribution < -0.4 is 5.23 Å². The summed E-state index contributed by atoms with van der Waals surface area (Å²) in [5.74, 6) is -0.625. The van der Waals surface area contributed by atoms with Crippen LogP contribution in [0.4, 0.5) is 8.63 Å². The maximum absolute atomic E-state index is 11.1. The highest BCUT2D eigenvalue weighted by molar-refractivity contribution is 6.43. The summed E-state index contributed by atoms with van der Waals surface area (Å²) < 4.78 is 22.3. The molecule has 0 rings (SSSR count). The van der Waals surface area contributed by atoms with Crippen molar-refractivity contribution >= 4 is 13.3 Å². The van der Waals surface area contributed by atoms with Crippen LogP contribution in [-0.4, -0.2) is 13.3 Å². The van der Waals surface area contributed by atoms with E-state index in [1.165, 1.54) is 12.2 Å². The van der Waals surface area contributed by atoms with Crippen molar-refractivity contribution in [2.45, 2.75) is 13.3 Å². The summed E-state index contributed by atoms with van der Waals surface area (Å²) >= 11 is 0. The summed E-state index contributed by atoms with van der Waals surface area (Å²) in [6.45, 7) is 1.51. The van der Waals surface area contributed by atoms with Crippen LogP contribution >= 0.6 is 0 Å². The van der Waals surface area contributed by atoms with Gasteiger partial charge in [0.05, 0.1) is 0 Å². The van der Waals surface area contributed by atoms with Crippen molar-refractivity contribution in [2.75, 3.05) is 0 Å². The molecular formula is C3H6BF2NO. The molecular weight excluding hydrogens is 115 g/mol. The number of amides is 1. The Kier molecular flexibility index (Phi) is 3.15. The highest BCUT2D eigenvalue weighted by atomic mass is 19.2. The number of rotatable bonds is 2. The van der Waals surface area contributed by atoms with Gasteiger partial charge in [-0.25, -0.2) is 0 Å². The minimum Gasteiger partial charge on any atom is -0.340 e. The summed E-state index contributed by atoms with van der Waals surface area (Å²) in [5.41, 5.74) is 0. The Hall–Kier alpha value is -0.605. The summed E-state index contributed by atoms with van der Waals surface area (Å²) in [6, 6.07) is 0. The summed E-state index contributed by atoms with van der Waals surface area (Å²) in [4.78, 5) is 10.0. The van der Waals surface area contributed by atoms with Gasteiger partial charge >= 0.3 is 7.40 Å². The third-order valence-corrected chi connectivity index (χ3v) is 0.591. The van der Waals surface area contributed by atoms with E-state index in [0.717, 1.165) is 0 Å². The molecule has 1 amide bonds. The third-order valence-electron chi connectivity index (χ3n) is 0.591. The first-order valence-corrected chi connectivity index (χ1v) is 2.24. The molecule has 8 heavy (non-hydrogen) atoms. The van der Waals surface area contributed by atoms with Crippen LogP contribution in [0, 0.1) is 0 Å². The van der Waals surface area contributed by atoms with Gasteiger partial charge in [-0.1, -0.05) is 6.92 Å². The molecule has 0 aliphatic rings. The zero-order valence-electron chi connectivity index (χ0n) is 4.45. The smallest absolute Gasteiger partial charge is 0.340 e. The van der Waals surface area contributed by atoms with Crippen LogP contribution in [0.1, 0.15) is 13.3 Å². The largest absolute Gasteiger partial charge is 0.672 e. The maximum Gasteiger partial charge on any atom is 0.672 e. The average Bonchev–Trinajstić information content (AvgIpc) is 1.65. The van der Waals surface area contributed by atoms with Crippen LogP contribution in [0.2, 0.25) is 0 Å². The Labute approximate surface area is 46.5 Å². The lowest BCUT2D eigenvalue weighted by molar-refractivity contribution is -0.119. The van der Waals surface area contributed by atoms with E-state index >= 15 is 0 Å². The van der Waals surface area contributed by atoms with Gasteiger partial charge in [0.15, 0.2) is 0 Å². The Morgan fingerprint density at radius 1 is 1.75 bits per heavy atom. The number of carbonyl (C=O) groups excluding carboxylic acids is 1. The molecule has 0 radical (unpaired) electrons. The van der Waals surface area contributed by atoms with E-state index < -0.39 is 13.3 Å². The van der Waals surface area contributed by atoms with Gasteiger partial charge in [0.2, 0.25) is 5.91 Å². The van der Waals surface area contributed by atoms with E-state index in [2.05, 4.69) is 0 Å². The van der Waals surface area contributed by atoms with Gasteiger partial charge in [0.25, 0.3) is 0 Å². The van der Waals surface area contributed by atoms with Crippen molar-refractivity contribution in [1.82, 2.24) is 5.23 Å². The van der Waals surface area contributed by atoms with Gasteiger partial charge in [-0.2, -0.15) is 0 Å². The Morgan fingerprint density at radius 3 is 2.38 bits per heavy atom. The lowest BCUT2D eigenvalue weighted by atomic mass is 10.2. The molecule has 0 heterocycles. The number of halogens is 2. The van der Waals surface area contributed by atoms with Gasteiger partial charge in [-0.3, -0.25) is 13.4 Å². The highest BCUT2D eigenvalue weighted by Gasteiger charge is 2.14. The maximum atomic E-state index is 11.1. The van der Waals surface area contributed by atoms with Gasteiger partial charge < -0.3 is 5.23 Å². The summed E-state index contributed by atoms with van der Waals surface area (Å²) in [5, 5.41) is 1.42. The molecule has 0 spiro atoms. The van der Waals surface area contributed by atoms with Crippen LogP contribution in [-0.2, 0) is 4.79 Å². The number of hydrogen-bond acceptors (Lipinski definition) is 1. The van der Waals surface area contributed by atoms with Crippen molar-refractivity contribution < 1.29 is 13.4 Å². The summed E-state index contributed by atoms with van der Waals surface area (Å²) in [6.07, 6.45) is 0.102. The zero-order valence-corrected chi connectivity index (χ0v) is 4.45. The predicted molar refractivity (Wildman–Crippen MR) is 26.4 cm³/mol. The van der Waals surface area contributed by atoms with E-state index in [9.17, 15) is 13.4 Å². The molecule has 0 saturated carbocycles.